The minimum atomic E-state index is 0.108. The van der Waals surface area contributed by atoms with Gasteiger partial charge in [0.1, 0.15) is 0 Å². The highest BCUT2D eigenvalue weighted by molar-refractivity contribution is 6.10. The average molecular weight is 742 g/mol. The maximum absolute atomic E-state index is 9.84. The first-order chi connectivity index (χ1) is 28.5. The summed E-state index contributed by atoms with van der Waals surface area (Å²) in [4.78, 5) is 2.26. The Hall–Kier alpha value is -8.36. The van der Waals surface area contributed by atoms with Crippen molar-refractivity contribution in [1.29, 1.82) is 21.0 Å². The summed E-state index contributed by atoms with van der Waals surface area (Å²) >= 11 is 0. The number of aromatic nitrogens is 2. The van der Waals surface area contributed by atoms with Gasteiger partial charge in [-0.2, -0.15) is 21.0 Å². The molecule has 270 valence electrons. The van der Waals surface area contributed by atoms with Crippen LogP contribution in [0.25, 0.3) is 60.9 Å². The lowest BCUT2D eigenvalue weighted by atomic mass is 9.88. The van der Waals surface area contributed by atoms with Gasteiger partial charge in [-0.05, 0) is 139 Å². The second-order valence-corrected chi connectivity index (χ2v) is 14.8. The fraction of sp³-hybridized carbons (Fsp3) is 0.0588. The summed E-state index contributed by atoms with van der Waals surface area (Å²) in [5.74, 6) is 0.108. The Morgan fingerprint density at radius 2 is 1.00 bits per heavy atom. The number of hydrogen-bond donors (Lipinski definition) is 0. The highest BCUT2D eigenvalue weighted by Crippen LogP contribution is 2.43. The van der Waals surface area contributed by atoms with E-state index in [0.717, 1.165) is 88.7 Å². The molecule has 0 saturated heterocycles. The molecule has 10 rings (SSSR count). The Kier molecular flexibility index (Phi) is 7.91. The van der Waals surface area contributed by atoms with Crippen LogP contribution in [-0.2, 0) is 0 Å². The zero-order valence-electron chi connectivity index (χ0n) is 31.3. The molecule has 0 radical (unpaired) electrons. The number of nitriles is 4. The van der Waals surface area contributed by atoms with Crippen LogP contribution < -0.4 is 4.90 Å². The smallest absolute Gasteiger partial charge is 0.0991 e. The molecule has 58 heavy (non-hydrogen) atoms. The van der Waals surface area contributed by atoms with E-state index in [1.807, 2.05) is 60.7 Å². The molecule has 2 aromatic heterocycles. The maximum atomic E-state index is 9.84. The SMILES string of the molecule is CC1CC(C#N)=Cc2c1n(-c1ccc(N(c3ccc(-n4c5ccc(C#N)cc5c5cc(C#N)ccc54)cc3)c3ccc4ccccc4c3)cc1)c1ccc(C#N)cc21. The van der Waals surface area contributed by atoms with Gasteiger partial charge in [-0.15, -0.1) is 0 Å². The van der Waals surface area contributed by atoms with Crippen molar-refractivity contribution in [1.82, 2.24) is 9.13 Å². The van der Waals surface area contributed by atoms with Gasteiger partial charge in [0.05, 0.1) is 57.5 Å². The molecule has 2 heterocycles. The summed E-state index contributed by atoms with van der Waals surface area (Å²) in [5, 5.41) is 44.1. The molecule has 1 aliphatic carbocycles. The van der Waals surface area contributed by atoms with Crippen molar-refractivity contribution in [2.24, 2.45) is 0 Å². The quantitative estimate of drug-likeness (QED) is 0.174. The standard InChI is InChI=1S/C51H31N7/c1-32-22-36(31-55)26-47-46-25-35(30-54)8-21-50(46)58(51(32)47)42-17-13-40(14-18-42)56(43-10-9-37-4-2-3-5-38(37)27-43)39-11-15-41(16-12-39)57-48-19-6-33(28-52)23-44(48)45-24-34(29-53)7-20-49(45)57/h2-21,23-27,32H,22H2,1H3. The summed E-state index contributed by atoms with van der Waals surface area (Å²) in [6.07, 6.45) is 2.65. The van der Waals surface area contributed by atoms with E-state index in [0.29, 0.717) is 23.1 Å². The topological polar surface area (TPSA) is 108 Å². The fourth-order valence-electron chi connectivity index (χ4n) is 8.76. The van der Waals surface area contributed by atoms with E-state index < -0.39 is 0 Å². The van der Waals surface area contributed by atoms with Crippen molar-refractivity contribution in [3.8, 4) is 35.7 Å². The van der Waals surface area contributed by atoms with Crippen molar-refractivity contribution in [2.45, 2.75) is 19.3 Å². The number of fused-ring (bicyclic) bond motifs is 7. The summed E-state index contributed by atoms with van der Waals surface area (Å²) < 4.78 is 4.47. The monoisotopic (exact) mass is 741 g/mol. The molecular weight excluding hydrogens is 711 g/mol. The molecule has 1 atom stereocenters. The first kappa shape index (κ1) is 34.2. The number of hydrogen-bond acceptors (Lipinski definition) is 5. The van der Waals surface area contributed by atoms with Gasteiger partial charge in [0.2, 0.25) is 0 Å². The number of rotatable bonds is 5. The van der Waals surface area contributed by atoms with Crippen LogP contribution in [0.4, 0.5) is 17.1 Å². The molecule has 0 saturated carbocycles. The van der Waals surface area contributed by atoms with Crippen molar-refractivity contribution in [3.63, 3.8) is 0 Å². The molecule has 9 aromatic rings. The van der Waals surface area contributed by atoms with E-state index in [1.165, 1.54) is 0 Å². The highest BCUT2D eigenvalue weighted by Gasteiger charge is 2.27. The Morgan fingerprint density at radius 3 is 1.55 bits per heavy atom. The molecule has 0 amide bonds. The zero-order chi connectivity index (χ0) is 39.5. The average Bonchev–Trinajstić information content (AvgIpc) is 3.78. The third kappa shape index (κ3) is 5.39. The second-order valence-electron chi connectivity index (χ2n) is 14.8. The number of nitrogens with zero attached hydrogens (tertiary/aromatic N) is 7. The van der Waals surface area contributed by atoms with Gasteiger partial charge in [-0.3, -0.25) is 0 Å². The van der Waals surface area contributed by atoms with Gasteiger partial charge in [-0.25, -0.2) is 0 Å². The second kappa shape index (κ2) is 13.4. The maximum Gasteiger partial charge on any atom is 0.0991 e. The van der Waals surface area contributed by atoms with E-state index in [4.69, 9.17) is 0 Å². The lowest BCUT2D eigenvalue weighted by molar-refractivity contribution is 0.710. The van der Waals surface area contributed by atoms with Crippen LogP contribution in [0.5, 0.6) is 0 Å². The molecule has 1 unspecified atom stereocenters. The van der Waals surface area contributed by atoms with Crippen molar-refractivity contribution in [3.05, 3.63) is 179 Å². The predicted molar refractivity (Wildman–Crippen MR) is 231 cm³/mol. The van der Waals surface area contributed by atoms with E-state index in [9.17, 15) is 21.0 Å². The van der Waals surface area contributed by atoms with Gasteiger partial charge in [0.25, 0.3) is 0 Å². The Bertz CT molecular complexity index is 3300. The van der Waals surface area contributed by atoms with Crippen LogP contribution in [0.15, 0.2) is 151 Å². The summed E-state index contributed by atoms with van der Waals surface area (Å²) in [6, 6.07) is 58.4. The minimum Gasteiger partial charge on any atom is -0.313 e. The van der Waals surface area contributed by atoms with E-state index in [2.05, 4.69) is 136 Å². The van der Waals surface area contributed by atoms with Crippen molar-refractivity contribution >= 4 is 66.6 Å². The molecule has 0 spiro atoms. The predicted octanol–water partition coefficient (Wildman–Crippen LogP) is 12.4. The molecule has 0 N–H and O–H groups in total. The zero-order valence-corrected chi connectivity index (χ0v) is 31.3. The molecule has 0 fully saturated rings. The Balaban J connectivity index is 1.11. The van der Waals surface area contributed by atoms with E-state index in [1.54, 1.807) is 0 Å². The van der Waals surface area contributed by atoms with Gasteiger partial charge >= 0.3 is 0 Å². The number of allylic oxidation sites excluding steroid dienone is 1. The van der Waals surface area contributed by atoms with Crippen LogP contribution in [-0.4, -0.2) is 9.13 Å². The third-order valence-electron chi connectivity index (χ3n) is 11.4. The fourth-order valence-corrected chi connectivity index (χ4v) is 8.76. The molecule has 0 aliphatic heterocycles. The highest BCUT2D eigenvalue weighted by atomic mass is 15.1. The molecule has 1 aliphatic rings. The lowest BCUT2D eigenvalue weighted by Gasteiger charge is -2.27. The van der Waals surface area contributed by atoms with Gasteiger partial charge in [0.15, 0.2) is 0 Å². The van der Waals surface area contributed by atoms with Crippen molar-refractivity contribution < 1.29 is 0 Å². The molecule has 7 nitrogen and oxygen atoms in total. The van der Waals surface area contributed by atoms with E-state index in [-0.39, 0.29) is 5.92 Å². The molecular formula is C51H31N7. The van der Waals surface area contributed by atoms with Crippen LogP contribution in [0.3, 0.4) is 0 Å². The third-order valence-corrected chi connectivity index (χ3v) is 11.4. The van der Waals surface area contributed by atoms with Crippen molar-refractivity contribution in [2.75, 3.05) is 4.90 Å². The molecule has 7 aromatic carbocycles. The van der Waals surface area contributed by atoms with E-state index >= 15 is 0 Å². The normalized spacial score (nSPS) is 13.4. The van der Waals surface area contributed by atoms with Gasteiger partial charge < -0.3 is 14.0 Å². The first-order valence-corrected chi connectivity index (χ1v) is 19.0. The van der Waals surface area contributed by atoms with Crippen LogP contribution in [0.1, 0.15) is 47.2 Å². The summed E-state index contributed by atoms with van der Waals surface area (Å²) in [6.45, 7) is 2.16. The molecule has 7 heteroatoms. The summed E-state index contributed by atoms with van der Waals surface area (Å²) in [5.41, 5.74) is 12.4. The number of anilines is 3. The Morgan fingerprint density at radius 1 is 0.500 bits per heavy atom. The van der Waals surface area contributed by atoms with Crippen LogP contribution in [0.2, 0.25) is 0 Å². The van der Waals surface area contributed by atoms with Crippen LogP contribution in [0, 0.1) is 45.3 Å². The van der Waals surface area contributed by atoms with Crippen LogP contribution >= 0.6 is 0 Å². The Labute approximate surface area is 334 Å². The minimum absolute atomic E-state index is 0.108. The summed E-state index contributed by atoms with van der Waals surface area (Å²) in [7, 11) is 0. The van der Waals surface area contributed by atoms with Gasteiger partial charge in [-0.1, -0.05) is 37.3 Å². The molecule has 0 bridgehead atoms. The lowest BCUT2D eigenvalue weighted by Crippen LogP contribution is -2.11. The number of benzene rings is 7. The van der Waals surface area contributed by atoms with Gasteiger partial charge in [0, 0.05) is 67.3 Å². The first-order valence-electron chi connectivity index (χ1n) is 19.0. The largest absolute Gasteiger partial charge is 0.313 e.